The van der Waals surface area contributed by atoms with Crippen LogP contribution in [-0.2, 0) is 0 Å². The van der Waals surface area contributed by atoms with Crippen molar-refractivity contribution < 1.29 is 14.3 Å². The van der Waals surface area contributed by atoms with Crippen molar-refractivity contribution >= 4 is 5.91 Å². The summed E-state index contributed by atoms with van der Waals surface area (Å²) in [6.45, 7) is 0.379. The Kier molecular flexibility index (Phi) is 2.77. The zero-order valence-electron chi connectivity index (χ0n) is 8.72. The number of furan rings is 1. The van der Waals surface area contributed by atoms with Crippen molar-refractivity contribution in [3.63, 3.8) is 0 Å². The van der Waals surface area contributed by atoms with Crippen molar-refractivity contribution in [2.75, 3.05) is 13.6 Å². The van der Waals surface area contributed by atoms with E-state index in [-0.39, 0.29) is 5.91 Å². The van der Waals surface area contributed by atoms with Crippen molar-refractivity contribution in [1.29, 1.82) is 0 Å². The predicted molar refractivity (Wildman–Crippen MR) is 54.4 cm³/mol. The number of hydrogen-bond donors (Lipinski definition) is 1. The van der Waals surface area contributed by atoms with Crippen LogP contribution < -0.4 is 0 Å². The van der Waals surface area contributed by atoms with Gasteiger partial charge in [0, 0.05) is 13.6 Å². The molecule has 1 atom stereocenters. The Hall–Kier alpha value is -1.29. The van der Waals surface area contributed by atoms with Crippen molar-refractivity contribution in [3.05, 3.63) is 24.2 Å². The topological polar surface area (TPSA) is 53.7 Å². The number of aliphatic hydroxyl groups excluding tert-OH is 1. The maximum Gasteiger partial charge on any atom is 0.289 e. The summed E-state index contributed by atoms with van der Waals surface area (Å²) in [6.07, 6.45) is 3.22. The van der Waals surface area contributed by atoms with Gasteiger partial charge in [-0.15, -0.1) is 0 Å². The van der Waals surface area contributed by atoms with E-state index >= 15 is 0 Å². The molecule has 0 radical (unpaired) electrons. The third-order valence-corrected chi connectivity index (χ3v) is 2.71. The van der Waals surface area contributed by atoms with Gasteiger partial charge in [-0.3, -0.25) is 4.79 Å². The minimum absolute atomic E-state index is 0.181. The largest absolute Gasteiger partial charge is 0.459 e. The van der Waals surface area contributed by atoms with E-state index in [9.17, 15) is 9.90 Å². The molecule has 1 aromatic rings. The quantitative estimate of drug-likeness (QED) is 0.808. The van der Waals surface area contributed by atoms with Gasteiger partial charge < -0.3 is 14.4 Å². The average Bonchev–Trinajstić information content (AvgIpc) is 2.93. The Balaban J connectivity index is 1.89. The highest BCUT2D eigenvalue weighted by molar-refractivity contribution is 5.91. The molecule has 0 bridgehead atoms. The molecule has 1 fully saturated rings. The average molecular weight is 209 g/mol. The SMILES string of the molecule is CN(CC(O)C1CC1)C(=O)c1ccco1. The molecule has 4 heteroatoms. The van der Waals surface area contributed by atoms with Crippen LogP contribution in [0, 0.1) is 5.92 Å². The zero-order chi connectivity index (χ0) is 10.8. The lowest BCUT2D eigenvalue weighted by molar-refractivity contribution is 0.0618. The van der Waals surface area contributed by atoms with Crippen LogP contribution in [0.4, 0.5) is 0 Å². The summed E-state index contributed by atoms with van der Waals surface area (Å²) in [5, 5.41) is 9.68. The molecule has 0 spiro atoms. The fraction of sp³-hybridized carbons (Fsp3) is 0.545. The van der Waals surface area contributed by atoms with Crippen LogP contribution in [-0.4, -0.2) is 35.6 Å². The van der Waals surface area contributed by atoms with Gasteiger partial charge in [0.25, 0.3) is 5.91 Å². The molecule has 0 saturated heterocycles. The number of carbonyl (C=O) groups is 1. The monoisotopic (exact) mass is 209 g/mol. The highest BCUT2D eigenvalue weighted by Gasteiger charge is 2.31. The molecule has 2 rings (SSSR count). The van der Waals surface area contributed by atoms with Gasteiger partial charge in [-0.25, -0.2) is 0 Å². The van der Waals surface area contributed by atoms with Gasteiger partial charge >= 0.3 is 0 Å². The molecule has 1 aromatic heterocycles. The molecule has 1 aliphatic carbocycles. The lowest BCUT2D eigenvalue weighted by Crippen LogP contribution is -2.35. The summed E-state index contributed by atoms with van der Waals surface area (Å²) >= 11 is 0. The maximum absolute atomic E-state index is 11.7. The first kappa shape index (κ1) is 10.2. The number of likely N-dealkylation sites (N-methyl/N-ethyl adjacent to an activating group) is 1. The highest BCUT2D eigenvalue weighted by atomic mass is 16.3. The molecule has 15 heavy (non-hydrogen) atoms. The van der Waals surface area contributed by atoms with E-state index in [4.69, 9.17) is 4.42 Å². The molecule has 4 nitrogen and oxygen atoms in total. The summed E-state index contributed by atoms with van der Waals surface area (Å²) in [5.74, 6) is 0.525. The molecule has 1 aliphatic rings. The lowest BCUT2D eigenvalue weighted by Gasteiger charge is -2.19. The van der Waals surface area contributed by atoms with Crippen molar-refractivity contribution in [1.82, 2.24) is 4.90 Å². The van der Waals surface area contributed by atoms with E-state index in [1.807, 2.05) is 0 Å². The Morgan fingerprint density at radius 2 is 2.47 bits per heavy atom. The van der Waals surface area contributed by atoms with E-state index in [0.29, 0.717) is 18.2 Å². The van der Waals surface area contributed by atoms with Crippen LogP contribution >= 0.6 is 0 Å². The van der Waals surface area contributed by atoms with Crippen LogP contribution in [0.2, 0.25) is 0 Å². The molecule has 1 heterocycles. The van der Waals surface area contributed by atoms with Crippen LogP contribution in [0.3, 0.4) is 0 Å². The smallest absolute Gasteiger partial charge is 0.289 e. The van der Waals surface area contributed by atoms with Gasteiger partial charge in [0.1, 0.15) is 0 Å². The molecule has 1 unspecified atom stereocenters. The van der Waals surface area contributed by atoms with Gasteiger partial charge in [0.2, 0.25) is 0 Å². The number of hydrogen-bond acceptors (Lipinski definition) is 3. The van der Waals surface area contributed by atoms with Crippen molar-refractivity contribution in [3.8, 4) is 0 Å². The Morgan fingerprint density at radius 3 is 3.00 bits per heavy atom. The summed E-state index contributed by atoms with van der Waals surface area (Å²) in [5.41, 5.74) is 0. The summed E-state index contributed by atoms with van der Waals surface area (Å²) in [6, 6.07) is 3.31. The fourth-order valence-corrected chi connectivity index (χ4v) is 1.58. The number of amides is 1. The van der Waals surface area contributed by atoms with Gasteiger partial charge in [-0.1, -0.05) is 0 Å². The third-order valence-electron chi connectivity index (χ3n) is 2.71. The number of rotatable bonds is 4. The van der Waals surface area contributed by atoms with E-state index in [2.05, 4.69) is 0 Å². The second-order valence-electron chi connectivity index (χ2n) is 4.07. The van der Waals surface area contributed by atoms with Gasteiger partial charge in [-0.05, 0) is 30.9 Å². The van der Waals surface area contributed by atoms with E-state index < -0.39 is 6.10 Å². The highest BCUT2D eigenvalue weighted by Crippen LogP contribution is 2.32. The van der Waals surface area contributed by atoms with Gasteiger partial charge in [0.15, 0.2) is 5.76 Å². The minimum Gasteiger partial charge on any atom is -0.459 e. The van der Waals surface area contributed by atoms with E-state index in [1.165, 1.54) is 11.2 Å². The standard InChI is InChI=1S/C11H15NO3/c1-12(7-9(13)8-4-5-8)11(14)10-3-2-6-15-10/h2-3,6,8-9,13H,4-5,7H2,1H3. The molecular formula is C11H15NO3. The van der Waals surface area contributed by atoms with Crippen molar-refractivity contribution in [2.24, 2.45) is 5.92 Å². The molecule has 0 aromatic carbocycles. The zero-order valence-corrected chi connectivity index (χ0v) is 8.72. The van der Waals surface area contributed by atoms with E-state index in [1.54, 1.807) is 19.2 Å². The van der Waals surface area contributed by atoms with Crippen LogP contribution in [0.1, 0.15) is 23.4 Å². The lowest BCUT2D eigenvalue weighted by atomic mass is 10.2. The molecule has 0 aliphatic heterocycles. The fourth-order valence-electron chi connectivity index (χ4n) is 1.58. The molecular weight excluding hydrogens is 194 g/mol. The number of nitrogens with zero attached hydrogens (tertiary/aromatic N) is 1. The first-order valence-electron chi connectivity index (χ1n) is 5.15. The van der Waals surface area contributed by atoms with Gasteiger partial charge in [-0.2, -0.15) is 0 Å². The summed E-state index contributed by atoms with van der Waals surface area (Å²) in [7, 11) is 1.68. The Bertz CT molecular complexity index is 330. The Labute approximate surface area is 88.5 Å². The van der Waals surface area contributed by atoms with Crippen LogP contribution in [0.15, 0.2) is 22.8 Å². The molecule has 1 saturated carbocycles. The first-order valence-corrected chi connectivity index (χ1v) is 5.15. The second-order valence-corrected chi connectivity index (χ2v) is 4.07. The Morgan fingerprint density at radius 1 is 1.73 bits per heavy atom. The second kappa shape index (κ2) is 4.06. The normalized spacial score (nSPS) is 17.5. The number of aliphatic hydroxyl groups is 1. The van der Waals surface area contributed by atoms with E-state index in [0.717, 1.165) is 12.8 Å². The maximum atomic E-state index is 11.7. The van der Waals surface area contributed by atoms with Crippen LogP contribution in [0.25, 0.3) is 0 Å². The molecule has 1 amide bonds. The minimum atomic E-state index is -0.395. The van der Waals surface area contributed by atoms with Gasteiger partial charge in [0.05, 0.1) is 12.4 Å². The summed E-state index contributed by atoms with van der Waals surface area (Å²) < 4.78 is 5.00. The number of carbonyl (C=O) groups excluding carboxylic acids is 1. The third kappa shape index (κ3) is 2.39. The van der Waals surface area contributed by atoms with Crippen LogP contribution in [0.5, 0.6) is 0 Å². The predicted octanol–water partition coefficient (Wildman–Crippen LogP) is 1.12. The molecule has 82 valence electrons. The van der Waals surface area contributed by atoms with Crippen molar-refractivity contribution in [2.45, 2.75) is 18.9 Å². The molecule has 1 N–H and O–H groups in total. The first-order chi connectivity index (χ1) is 7.18. The summed E-state index contributed by atoms with van der Waals surface area (Å²) in [4.78, 5) is 13.2.